The predicted molar refractivity (Wildman–Crippen MR) is 76.8 cm³/mol. The van der Waals surface area contributed by atoms with Gasteiger partial charge in [-0.25, -0.2) is 0 Å². The number of aromatic nitrogens is 2. The van der Waals surface area contributed by atoms with Crippen molar-refractivity contribution in [3.63, 3.8) is 0 Å². The number of ether oxygens (including phenoxy) is 1. The number of nitrogens with one attached hydrogen (secondary N) is 1. The Morgan fingerprint density at radius 3 is 2.80 bits per heavy atom. The van der Waals surface area contributed by atoms with Gasteiger partial charge in [0.25, 0.3) is 5.91 Å². The summed E-state index contributed by atoms with van der Waals surface area (Å²) in [6.07, 6.45) is 1.96. The van der Waals surface area contributed by atoms with Crippen LogP contribution in [0.15, 0.2) is 30.5 Å². The molecule has 2 rings (SSSR count). The SMILES string of the molecule is CCn1cc(CNC(=O)c2ccccc2OC)c(C)n1. The highest BCUT2D eigenvalue weighted by molar-refractivity contribution is 5.96. The molecule has 20 heavy (non-hydrogen) atoms. The van der Waals surface area contributed by atoms with Crippen LogP contribution in [0, 0.1) is 6.92 Å². The fraction of sp³-hybridized carbons (Fsp3) is 0.333. The van der Waals surface area contributed by atoms with Crippen LogP contribution in [-0.4, -0.2) is 22.8 Å². The Kier molecular flexibility index (Phi) is 4.40. The molecule has 1 amide bonds. The molecule has 0 saturated carbocycles. The molecule has 106 valence electrons. The first-order chi connectivity index (χ1) is 9.65. The van der Waals surface area contributed by atoms with E-state index in [9.17, 15) is 4.79 Å². The van der Waals surface area contributed by atoms with E-state index in [4.69, 9.17) is 4.74 Å². The van der Waals surface area contributed by atoms with Gasteiger partial charge in [-0.15, -0.1) is 0 Å². The van der Waals surface area contributed by atoms with Crippen LogP contribution >= 0.6 is 0 Å². The zero-order chi connectivity index (χ0) is 14.5. The van der Waals surface area contributed by atoms with Gasteiger partial charge < -0.3 is 10.1 Å². The third-order valence-electron chi connectivity index (χ3n) is 3.16. The third kappa shape index (κ3) is 2.99. The number of rotatable bonds is 5. The number of hydrogen-bond acceptors (Lipinski definition) is 3. The highest BCUT2D eigenvalue weighted by Crippen LogP contribution is 2.17. The quantitative estimate of drug-likeness (QED) is 0.908. The predicted octanol–water partition coefficient (Wildman–Crippen LogP) is 2.15. The molecule has 2 aromatic rings. The van der Waals surface area contributed by atoms with Crippen molar-refractivity contribution in [1.29, 1.82) is 0 Å². The number of carbonyl (C=O) groups excluding carboxylic acids is 1. The van der Waals surface area contributed by atoms with Crippen LogP contribution < -0.4 is 10.1 Å². The molecule has 1 aromatic carbocycles. The number of amides is 1. The maximum atomic E-state index is 12.2. The van der Waals surface area contributed by atoms with Crippen molar-refractivity contribution in [1.82, 2.24) is 15.1 Å². The minimum atomic E-state index is -0.147. The van der Waals surface area contributed by atoms with E-state index in [-0.39, 0.29) is 5.91 Å². The van der Waals surface area contributed by atoms with Crippen LogP contribution in [0.4, 0.5) is 0 Å². The molecule has 0 bridgehead atoms. The molecule has 5 heteroatoms. The lowest BCUT2D eigenvalue weighted by Crippen LogP contribution is -2.23. The fourth-order valence-electron chi connectivity index (χ4n) is 2.00. The minimum absolute atomic E-state index is 0.147. The Balaban J connectivity index is 2.06. The van der Waals surface area contributed by atoms with Gasteiger partial charge in [0, 0.05) is 24.8 Å². The molecule has 0 aliphatic rings. The summed E-state index contributed by atoms with van der Waals surface area (Å²) in [5.41, 5.74) is 2.50. The summed E-state index contributed by atoms with van der Waals surface area (Å²) < 4.78 is 7.05. The minimum Gasteiger partial charge on any atom is -0.496 e. The van der Waals surface area contributed by atoms with Crippen LogP contribution in [0.1, 0.15) is 28.5 Å². The number of para-hydroxylation sites is 1. The Labute approximate surface area is 118 Å². The average molecular weight is 273 g/mol. The van der Waals surface area contributed by atoms with E-state index in [1.54, 1.807) is 19.2 Å². The van der Waals surface area contributed by atoms with Gasteiger partial charge in [-0.2, -0.15) is 5.10 Å². The van der Waals surface area contributed by atoms with E-state index in [0.717, 1.165) is 17.8 Å². The third-order valence-corrected chi connectivity index (χ3v) is 3.16. The normalized spacial score (nSPS) is 10.3. The second-order valence-corrected chi connectivity index (χ2v) is 4.48. The topological polar surface area (TPSA) is 56.2 Å². The molecule has 0 atom stereocenters. The molecule has 0 unspecified atom stereocenters. The molecular formula is C15H19N3O2. The number of hydrogen-bond donors (Lipinski definition) is 1. The maximum absolute atomic E-state index is 12.2. The van der Waals surface area contributed by atoms with Crippen LogP contribution in [0.5, 0.6) is 5.75 Å². The van der Waals surface area contributed by atoms with Gasteiger partial charge in [0.1, 0.15) is 5.75 Å². The lowest BCUT2D eigenvalue weighted by Gasteiger charge is -2.08. The Bertz CT molecular complexity index is 605. The van der Waals surface area contributed by atoms with E-state index < -0.39 is 0 Å². The number of aryl methyl sites for hydroxylation is 2. The monoisotopic (exact) mass is 273 g/mol. The summed E-state index contributed by atoms with van der Waals surface area (Å²) in [6, 6.07) is 7.18. The molecule has 0 saturated heterocycles. The van der Waals surface area contributed by atoms with E-state index in [1.807, 2.05) is 36.9 Å². The van der Waals surface area contributed by atoms with Gasteiger partial charge in [0.15, 0.2) is 0 Å². The highest BCUT2D eigenvalue weighted by atomic mass is 16.5. The maximum Gasteiger partial charge on any atom is 0.255 e. The standard InChI is InChI=1S/C15H19N3O2/c1-4-18-10-12(11(2)17-18)9-16-15(19)13-7-5-6-8-14(13)20-3/h5-8,10H,4,9H2,1-3H3,(H,16,19). The van der Waals surface area contributed by atoms with Crippen molar-refractivity contribution < 1.29 is 9.53 Å². The van der Waals surface area contributed by atoms with Crippen molar-refractivity contribution in [3.05, 3.63) is 47.3 Å². The molecule has 0 aliphatic heterocycles. The van der Waals surface area contributed by atoms with Crippen molar-refractivity contribution >= 4 is 5.91 Å². The van der Waals surface area contributed by atoms with Crippen molar-refractivity contribution in [2.24, 2.45) is 0 Å². The zero-order valence-electron chi connectivity index (χ0n) is 12.0. The van der Waals surface area contributed by atoms with Gasteiger partial charge in [-0.1, -0.05) is 12.1 Å². The number of nitrogens with zero attached hydrogens (tertiary/aromatic N) is 2. The van der Waals surface area contributed by atoms with Gasteiger partial charge in [-0.3, -0.25) is 9.48 Å². The van der Waals surface area contributed by atoms with Crippen LogP contribution in [0.3, 0.4) is 0 Å². The Morgan fingerprint density at radius 1 is 1.40 bits per heavy atom. The van der Waals surface area contributed by atoms with E-state index in [0.29, 0.717) is 17.9 Å². The van der Waals surface area contributed by atoms with Crippen molar-refractivity contribution in [2.45, 2.75) is 26.9 Å². The molecule has 0 fully saturated rings. The van der Waals surface area contributed by atoms with E-state index in [1.165, 1.54) is 0 Å². The van der Waals surface area contributed by atoms with Crippen LogP contribution in [-0.2, 0) is 13.1 Å². The largest absolute Gasteiger partial charge is 0.496 e. The summed E-state index contributed by atoms with van der Waals surface area (Å²) in [4.78, 5) is 12.2. The lowest BCUT2D eigenvalue weighted by atomic mass is 10.2. The molecule has 0 spiro atoms. The second-order valence-electron chi connectivity index (χ2n) is 4.48. The Morgan fingerprint density at radius 2 is 2.15 bits per heavy atom. The Hall–Kier alpha value is -2.30. The van der Waals surface area contributed by atoms with Gasteiger partial charge >= 0.3 is 0 Å². The first-order valence-corrected chi connectivity index (χ1v) is 6.59. The van der Waals surface area contributed by atoms with Gasteiger partial charge in [0.05, 0.1) is 18.4 Å². The summed E-state index contributed by atoms with van der Waals surface area (Å²) in [5, 5.41) is 7.25. The van der Waals surface area contributed by atoms with Crippen molar-refractivity contribution in [3.8, 4) is 5.75 Å². The fourth-order valence-corrected chi connectivity index (χ4v) is 2.00. The molecule has 1 heterocycles. The molecule has 1 N–H and O–H groups in total. The van der Waals surface area contributed by atoms with Crippen molar-refractivity contribution in [2.75, 3.05) is 7.11 Å². The van der Waals surface area contributed by atoms with Crippen LogP contribution in [0.2, 0.25) is 0 Å². The molecule has 1 aromatic heterocycles. The van der Waals surface area contributed by atoms with Gasteiger partial charge in [-0.05, 0) is 26.0 Å². The van der Waals surface area contributed by atoms with Gasteiger partial charge in [0.2, 0.25) is 0 Å². The molecule has 0 radical (unpaired) electrons. The molecule has 5 nitrogen and oxygen atoms in total. The summed E-state index contributed by atoms with van der Waals surface area (Å²) in [5.74, 6) is 0.428. The lowest BCUT2D eigenvalue weighted by molar-refractivity contribution is 0.0948. The summed E-state index contributed by atoms with van der Waals surface area (Å²) in [7, 11) is 1.56. The average Bonchev–Trinajstić information content (AvgIpc) is 2.85. The summed E-state index contributed by atoms with van der Waals surface area (Å²) in [6.45, 7) is 5.25. The first-order valence-electron chi connectivity index (χ1n) is 6.59. The van der Waals surface area contributed by atoms with Crippen LogP contribution in [0.25, 0.3) is 0 Å². The number of carbonyl (C=O) groups is 1. The number of benzene rings is 1. The molecule has 0 aliphatic carbocycles. The number of methoxy groups -OCH3 is 1. The van der Waals surface area contributed by atoms with E-state index >= 15 is 0 Å². The molecular weight excluding hydrogens is 254 g/mol. The first kappa shape index (κ1) is 14.1. The zero-order valence-corrected chi connectivity index (χ0v) is 12.0. The second kappa shape index (κ2) is 6.23. The smallest absolute Gasteiger partial charge is 0.255 e. The highest BCUT2D eigenvalue weighted by Gasteiger charge is 2.12. The summed E-state index contributed by atoms with van der Waals surface area (Å²) >= 11 is 0. The van der Waals surface area contributed by atoms with E-state index in [2.05, 4.69) is 10.4 Å².